The van der Waals surface area contributed by atoms with Crippen molar-refractivity contribution < 1.29 is 0 Å². The normalized spacial score (nSPS) is 12.2. The Morgan fingerprint density at radius 3 is 0.837 bits per heavy atom. The fraction of sp³-hybridized carbons (Fsp3) is 0. The van der Waals surface area contributed by atoms with Gasteiger partial charge in [-0.15, -0.1) is 0 Å². The molecular formula is C115H70N14. The number of rotatable bonds is 6. The van der Waals surface area contributed by atoms with Crippen molar-refractivity contribution in [2.24, 2.45) is 0 Å². The molecule has 0 aliphatic heterocycles. The van der Waals surface area contributed by atoms with Gasteiger partial charge in [-0.3, -0.25) is 18.2 Å². The summed E-state index contributed by atoms with van der Waals surface area (Å²) >= 11 is 0. The molecule has 0 saturated carbocycles. The standard InChI is InChI=1S/C39H24N4.2C38H23N5/c1-3-11-25(12-4-1)42-35-20-19-29-27-15-8-10-18-34(27)43(26-13-5-2-6-14-26)38(29)37(35)32-23-30-28-16-7-9-17-33(28)41-22-21-40-39(41)31(30)24-36(32)42;1-3-10-24(11-4-1)42-33-18-17-27-26-14-7-8-16-32(26)43(25-12-5-2-6-13-25)36(27)35(33)31-22-29-28-15-9-19-39-37(28)41-21-20-40-38(41)30(29)23-34(31)42;1-3-10-24(11-4-1)42-32-18-17-27-26-14-7-8-15-31(26)43(25-12-5-2-6-13-25)37(27)35(32)30-22-28-29(23-34(30)42)38-40-20-21-41(38)33-16-9-19-39-36(28)33/h1-24H;2*1-23H. The molecule has 0 aliphatic rings. The molecule has 0 radical (unpaired) electrons. The highest BCUT2D eigenvalue weighted by atomic mass is 15.1. The molecular weight excluding hydrogens is 1580 g/mol. The molecule has 14 nitrogen and oxygen atoms in total. The molecule has 14 heterocycles. The van der Waals surface area contributed by atoms with Crippen LogP contribution in [0.5, 0.6) is 0 Å². The van der Waals surface area contributed by atoms with E-state index in [-0.39, 0.29) is 0 Å². The summed E-state index contributed by atoms with van der Waals surface area (Å²) in [5.74, 6) is 0. The highest BCUT2D eigenvalue weighted by molar-refractivity contribution is 6.33. The maximum atomic E-state index is 4.89. The Balaban J connectivity index is 0.0000000976. The number of fused-ring (bicyclic) bond motifs is 39. The molecule has 129 heavy (non-hydrogen) atoms. The van der Waals surface area contributed by atoms with Crippen LogP contribution in [-0.2, 0) is 0 Å². The molecule has 0 spiro atoms. The summed E-state index contributed by atoms with van der Waals surface area (Å²) in [7, 11) is 0. The van der Waals surface area contributed by atoms with Gasteiger partial charge in [-0.2, -0.15) is 0 Å². The van der Waals surface area contributed by atoms with E-state index in [1.54, 1.807) is 0 Å². The SMILES string of the molecule is c1ccc(-n2c3cc4c(cc3c3c2ccc2c5ccccc5n(-c5ccccc5)c23)c2ccccc2n2ccnc42)cc1.c1ccc(-n2c3cc4c(cc3c3c2ccc2c5ccccc5n(-c5ccccc5)c23)c2cccnc2n2ccnc42)cc1.c1ccc(-n2c3cc4c(cc3c3c2ccc2c5ccccc5n(-c5ccccc5)c23)c2ncccc2n2ccnc42)cc1. The second kappa shape index (κ2) is 27.4. The number of nitrogens with zero attached hydrogens (tertiary/aromatic N) is 14. The predicted octanol–water partition coefficient (Wildman–Crippen LogP) is 28.3. The van der Waals surface area contributed by atoms with Gasteiger partial charge in [0.15, 0.2) is 0 Å². The van der Waals surface area contributed by atoms with E-state index >= 15 is 0 Å². The third-order valence-electron chi connectivity index (χ3n) is 26.9. The van der Waals surface area contributed by atoms with Crippen molar-refractivity contribution in [1.82, 2.24) is 65.5 Å². The largest absolute Gasteiger partial charge is 0.309 e. The minimum atomic E-state index is 0.913. The third-order valence-corrected chi connectivity index (χ3v) is 26.9. The molecule has 0 unspecified atom stereocenters. The van der Waals surface area contributed by atoms with E-state index in [1.165, 1.54) is 131 Å². The Morgan fingerprint density at radius 2 is 0.426 bits per heavy atom. The lowest BCUT2D eigenvalue weighted by Crippen LogP contribution is -1.95. The summed E-state index contributed by atoms with van der Waals surface area (Å²) in [5.41, 5.74) is 28.0. The number of hydrogen-bond acceptors (Lipinski definition) is 5. The summed E-state index contributed by atoms with van der Waals surface area (Å²) in [6.07, 6.45) is 15.5. The number of benzene rings is 16. The van der Waals surface area contributed by atoms with Crippen LogP contribution >= 0.6 is 0 Å². The quantitative estimate of drug-likeness (QED) is 0.154. The average Bonchev–Trinajstić information content (AvgIpc) is 1.54. The van der Waals surface area contributed by atoms with E-state index in [0.717, 1.165) is 117 Å². The van der Waals surface area contributed by atoms with E-state index in [1.807, 2.05) is 55.5 Å². The molecule has 14 aromatic heterocycles. The lowest BCUT2D eigenvalue weighted by atomic mass is 10.0. The zero-order chi connectivity index (χ0) is 84.2. The summed E-state index contributed by atoms with van der Waals surface area (Å²) in [4.78, 5) is 24.1. The zero-order valence-electron chi connectivity index (χ0n) is 69.2. The number of para-hydroxylation sites is 10. The summed E-state index contributed by atoms with van der Waals surface area (Å²) in [5, 5.41) is 24.0. The second-order valence-electron chi connectivity index (χ2n) is 33.5. The summed E-state index contributed by atoms with van der Waals surface area (Å²) in [6.45, 7) is 0. The van der Waals surface area contributed by atoms with Gasteiger partial charge in [-0.1, -0.05) is 200 Å². The molecule has 0 N–H and O–H groups in total. The Hall–Kier alpha value is -17.8. The summed E-state index contributed by atoms with van der Waals surface area (Å²) in [6, 6.07) is 135. The van der Waals surface area contributed by atoms with Crippen LogP contribution in [0.3, 0.4) is 0 Å². The number of imidazole rings is 3. The van der Waals surface area contributed by atoms with Crippen molar-refractivity contribution in [2.45, 2.75) is 0 Å². The van der Waals surface area contributed by atoms with Crippen molar-refractivity contribution in [1.29, 1.82) is 0 Å². The first-order valence-electron chi connectivity index (χ1n) is 43.7. The number of pyridine rings is 5. The van der Waals surface area contributed by atoms with Crippen LogP contribution in [0.4, 0.5) is 0 Å². The van der Waals surface area contributed by atoms with Crippen molar-refractivity contribution >= 4 is 213 Å². The van der Waals surface area contributed by atoms with E-state index in [4.69, 9.17) is 24.9 Å². The van der Waals surface area contributed by atoms with Gasteiger partial charge in [-0.25, -0.2) is 19.9 Å². The van der Waals surface area contributed by atoms with Crippen LogP contribution < -0.4 is 0 Å². The Labute approximate surface area is 733 Å². The Bertz CT molecular complexity index is 9040. The monoisotopic (exact) mass is 1650 g/mol. The van der Waals surface area contributed by atoms with E-state index in [9.17, 15) is 0 Å². The van der Waals surface area contributed by atoms with Gasteiger partial charge >= 0.3 is 0 Å². The first kappa shape index (κ1) is 70.8. The maximum Gasteiger partial charge on any atom is 0.146 e. The van der Waals surface area contributed by atoms with Crippen LogP contribution in [0, 0.1) is 0 Å². The van der Waals surface area contributed by atoms with E-state index < -0.39 is 0 Å². The molecule has 30 aromatic rings. The fourth-order valence-electron chi connectivity index (χ4n) is 21.7. The first-order valence-corrected chi connectivity index (χ1v) is 43.7. The van der Waals surface area contributed by atoms with Gasteiger partial charge in [0.25, 0.3) is 0 Å². The molecule has 14 heteroatoms. The molecule has 30 rings (SSSR count). The molecule has 600 valence electrons. The van der Waals surface area contributed by atoms with Crippen LogP contribution in [0.1, 0.15) is 0 Å². The summed E-state index contributed by atoms with van der Waals surface area (Å²) < 4.78 is 21.0. The molecule has 0 aliphatic carbocycles. The third kappa shape index (κ3) is 10.1. The smallest absolute Gasteiger partial charge is 0.146 e. The van der Waals surface area contributed by atoms with Gasteiger partial charge in [0.2, 0.25) is 0 Å². The van der Waals surface area contributed by atoms with E-state index in [2.05, 4.69) is 411 Å². The van der Waals surface area contributed by atoms with E-state index in [0.29, 0.717) is 0 Å². The molecule has 0 atom stereocenters. The van der Waals surface area contributed by atoms with Gasteiger partial charge in [0, 0.05) is 181 Å². The number of aromatic nitrogens is 14. The fourth-order valence-corrected chi connectivity index (χ4v) is 21.7. The topological polar surface area (TPSA) is 107 Å². The predicted molar refractivity (Wildman–Crippen MR) is 532 cm³/mol. The van der Waals surface area contributed by atoms with Crippen LogP contribution in [0.2, 0.25) is 0 Å². The number of hydrogen-bond donors (Lipinski definition) is 0. The molecule has 0 saturated heterocycles. The van der Waals surface area contributed by atoms with Crippen molar-refractivity contribution in [3.63, 3.8) is 0 Å². The molecule has 0 bridgehead atoms. The molecule has 16 aromatic carbocycles. The molecule has 0 amide bonds. The lowest BCUT2D eigenvalue weighted by molar-refractivity contribution is 1.17. The zero-order valence-corrected chi connectivity index (χ0v) is 69.2. The highest BCUT2D eigenvalue weighted by Gasteiger charge is 2.28. The van der Waals surface area contributed by atoms with Gasteiger partial charge in [0.1, 0.15) is 22.6 Å². The minimum absolute atomic E-state index is 0.913. The average molecular weight is 1650 g/mol. The van der Waals surface area contributed by atoms with Crippen LogP contribution in [0.25, 0.3) is 247 Å². The maximum absolute atomic E-state index is 4.89. The lowest BCUT2D eigenvalue weighted by Gasteiger charge is -2.11. The van der Waals surface area contributed by atoms with Crippen molar-refractivity contribution in [3.05, 3.63) is 426 Å². The van der Waals surface area contributed by atoms with Crippen LogP contribution in [0.15, 0.2) is 426 Å². The Morgan fingerprint density at radius 1 is 0.147 bits per heavy atom. The highest BCUT2D eigenvalue weighted by Crippen LogP contribution is 2.50. The van der Waals surface area contributed by atoms with Gasteiger partial charge < -0.3 is 27.4 Å². The molecule has 0 fully saturated rings. The van der Waals surface area contributed by atoms with Crippen molar-refractivity contribution in [2.75, 3.05) is 0 Å². The van der Waals surface area contributed by atoms with Crippen LogP contribution in [-0.4, -0.2) is 65.5 Å². The first-order chi connectivity index (χ1) is 64.1. The Kier molecular flexibility index (Phi) is 15.0. The second-order valence-corrected chi connectivity index (χ2v) is 33.5. The van der Waals surface area contributed by atoms with Gasteiger partial charge in [0.05, 0.1) is 82.8 Å². The van der Waals surface area contributed by atoms with Gasteiger partial charge in [-0.05, 0) is 187 Å². The van der Waals surface area contributed by atoms with Crippen molar-refractivity contribution in [3.8, 4) is 34.1 Å². The minimum Gasteiger partial charge on any atom is -0.309 e.